The van der Waals surface area contributed by atoms with Crippen LogP contribution >= 0.6 is 0 Å². The number of rotatable bonds is 5. The van der Waals surface area contributed by atoms with Gasteiger partial charge in [0.25, 0.3) is 5.60 Å². The molecule has 0 aliphatic heterocycles. The van der Waals surface area contributed by atoms with Crippen molar-refractivity contribution in [2.75, 3.05) is 0 Å². The zero-order valence-corrected chi connectivity index (χ0v) is 14.1. The minimum atomic E-state index is -7.30. The minimum absolute atomic E-state index is 0.353. The van der Waals surface area contributed by atoms with Crippen molar-refractivity contribution < 1.29 is 62.9 Å². The second kappa shape index (κ2) is 6.62. The van der Waals surface area contributed by atoms with E-state index < -0.39 is 54.0 Å². The largest absolute Gasteiger partial charge is 0.443 e. The summed E-state index contributed by atoms with van der Waals surface area (Å²) in [7, 11) is 0. The number of ether oxygens (including phenoxy) is 1. The van der Waals surface area contributed by atoms with Gasteiger partial charge in [-0.15, -0.1) is 0 Å². The van der Waals surface area contributed by atoms with Crippen molar-refractivity contribution in [2.45, 2.75) is 69.8 Å². The van der Waals surface area contributed by atoms with Crippen molar-refractivity contribution >= 4 is 5.97 Å². The van der Waals surface area contributed by atoms with Crippen LogP contribution in [-0.4, -0.2) is 46.7 Å². The van der Waals surface area contributed by atoms with Crippen LogP contribution < -0.4 is 0 Å². The Bertz CT molecular complexity index is 545. The molecule has 0 bridgehead atoms. The molecule has 0 spiro atoms. The molecule has 0 aliphatic carbocycles. The van der Waals surface area contributed by atoms with Crippen molar-refractivity contribution in [3.63, 3.8) is 0 Å². The lowest BCUT2D eigenvalue weighted by Crippen LogP contribution is -2.77. The first-order valence-electron chi connectivity index (χ1n) is 6.98. The Morgan fingerprint density at radius 2 is 1.11 bits per heavy atom. The number of esters is 1. The third kappa shape index (κ3) is 3.81. The second-order valence-corrected chi connectivity index (χ2v) is 6.44. The Morgan fingerprint density at radius 1 is 0.778 bits per heavy atom. The monoisotopic (exact) mass is 428 g/mol. The summed E-state index contributed by atoms with van der Waals surface area (Å²) in [6.07, 6.45) is -21.6. The molecule has 162 valence electrons. The summed E-state index contributed by atoms with van der Waals surface area (Å²) >= 11 is 0. The van der Waals surface area contributed by atoms with Gasteiger partial charge in [0.2, 0.25) is 0 Å². The Hall–Kier alpha value is -1.34. The molecule has 3 nitrogen and oxygen atoms in total. The molecular weight excluding hydrogens is 413 g/mol. The fourth-order valence-corrected chi connectivity index (χ4v) is 1.63. The molecule has 0 aromatic heterocycles. The van der Waals surface area contributed by atoms with Crippen molar-refractivity contribution in [1.29, 1.82) is 0 Å². The molecule has 1 atom stereocenters. The van der Waals surface area contributed by atoms with E-state index in [1.807, 2.05) is 0 Å². The molecule has 14 heteroatoms. The van der Waals surface area contributed by atoms with E-state index in [-0.39, 0.29) is 6.42 Å². The number of carbonyl (C=O) groups excluding carboxylic acids is 1. The van der Waals surface area contributed by atoms with E-state index >= 15 is 0 Å². The first-order chi connectivity index (χ1) is 11.4. The highest BCUT2D eigenvalue weighted by molar-refractivity contribution is 5.76. The third-order valence-corrected chi connectivity index (χ3v) is 4.15. The van der Waals surface area contributed by atoms with E-state index in [1.54, 1.807) is 0 Å². The number of halogens is 11. The summed E-state index contributed by atoms with van der Waals surface area (Å²) in [4.78, 5) is 11.7. The van der Waals surface area contributed by atoms with E-state index in [1.165, 1.54) is 6.92 Å². The molecule has 0 saturated carbocycles. The van der Waals surface area contributed by atoms with Gasteiger partial charge in [-0.05, 0) is 27.2 Å². The highest BCUT2D eigenvalue weighted by atomic mass is 19.4. The van der Waals surface area contributed by atoms with Gasteiger partial charge in [-0.1, -0.05) is 6.92 Å². The first-order valence-corrected chi connectivity index (χ1v) is 6.98. The van der Waals surface area contributed by atoms with Gasteiger partial charge in [-0.25, -0.2) is 0 Å². The molecule has 27 heavy (non-hydrogen) atoms. The Morgan fingerprint density at radius 3 is 1.33 bits per heavy atom. The van der Waals surface area contributed by atoms with E-state index in [4.69, 9.17) is 5.11 Å². The summed E-state index contributed by atoms with van der Waals surface area (Å²) < 4.78 is 147. The van der Waals surface area contributed by atoms with Gasteiger partial charge >= 0.3 is 36.0 Å². The summed E-state index contributed by atoms with van der Waals surface area (Å²) in [6, 6.07) is 0. The van der Waals surface area contributed by atoms with Crippen LogP contribution in [0.5, 0.6) is 0 Å². The molecule has 1 N–H and O–H groups in total. The smallest absolute Gasteiger partial charge is 0.434 e. The predicted molar refractivity (Wildman–Crippen MR) is 66.6 cm³/mol. The number of carbonyl (C=O) groups is 1. The zero-order chi connectivity index (χ0) is 22.5. The van der Waals surface area contributed by atoms with Gasteiger partial charge in [0, 0.05) is 0 Å². The summed E-state index contributed by atoms with van der Waals surface area (Å²) in [5.74, 6) is -9.25. The highest BCUT2D eigenvalue weighted by Crippen LogP contribution is 2.59. The lowest BCUT2D eigenvalue weighted by Gasteiger charge is -2.47. The first kappa shape index (κ1) is 25.7. The maximum atomic E-state index is 14.2. The van der Waals surface area contributed by atoms with Crippen molar-refractivity contribution in [3.8, 4) is 0 Å². The summed E-state index contributed by atoms with van der Waals surface area (Å²) in [5.41, 5.74) is -14.8. The lowest BCUT2D eigenvalue weighted by molar-refractivity contribution is -0.462. The lowest BCUT2D eigenvalue weighted by atomic mass is 9.80. The van der Waals surface area contributed by atoms with E-state index in [2.05, 4.69) is 4.74 Å². The van der Waals surface area contributed by atoms with Gasteiger partial charge in [0.1, 0.15) is 0 Å². The fraction of sp³-hybridized carbons (Fsp3) is 0.923. The average molecular weight is 428 g/mol. The van der Waals surface area contributed by atoms with Crippen molar-refractivity contribution in [3.05, 3.63) is 0 Å². The molecule has 0 rings (SSSR count). The number of alkyl halides is 11. The Kier molecular flexibility index (Phi) is 6.29. The van der Waals surface area contributed by atoms with Crippen LogP contribution in [0.3, 0.4) is 0 Å². The number of hydrogen-bond donors (Lipinski definition) is 1. The van der Waals surface area contributed by atoms with Crippen LogP contribution in [0, 0.1) is 5.41 Å². The maximum absolute atomic E-state index is 14.2. The average Bonchev–Trinajstić information content (AvgIpc) is 2.41. The fourth-order valence-electron chi connectivity index (χ4n) is 1.63. The summed E-state index contributed by atoms with van der Waals surface area (Å²) in [6.45, 7) is 2.03. The van der Waals surface area contributed by atoms with Crippen LogP contribution in [0.1, 0.15) is 34.1 Å². The molecule has 0 aromatic rings. The van der Waals surface area contributed by atoms with Gasteiger partial charge in [-0.3, -0.25) is 4.79 Å². The molecule has 0 radical (unpaired) electrons. The molecule has 0 amide bonds. The molecule has 0 aliphatic rings. The standard InChI is InChI=1S/C13H15F11O3/c1-5-7(2,3)6(25)27-8(4,11(16,17)18)10(14,15)9(26,12(19,20)21)13(22,23)24/h26H,5H2,1-4H3. The second-order valence-electron chi connectivity index (χ2n) is 6.44. The van der Waals surface area contributed by atoms with Crippen LogP contribution in [0.4, 0.5) is 48.3 Å². The minimum Gasteiger partial charge on any atom is -0.443 e. The van der Waals surface area contributed by atoms with Gasteiger partial charge in [0.15, 0.2) is 0 Å². The molecule has 0 aromatic carbocycles. The molecule has 0 saturated heterocycles. The number of aliphatic hydroxyl groups is 1. The number of hydrogen-bond acceptors (Lipinski definition) is 3. The van der Waals surface area contributed by atoms with E-state index in [0.29, 0.717) is 0 Å². The normalized spacial score (nSPS) is 17.5. The van der Waals surface area contributed by atoms with Gasteiger partial charge < -0.3 is 9.84 Å². The predicted octanol–water partition coefficient (Wildman–Crippen LogP) is 4.78. The topological polar surface area (TPSA) is 46.5 Å². The molecule has 1 unspecified atom stereocenters. The van der Waals surface area contributed by atoms with Crippen LogP contribution in [0.15, 0.2) is 0 Å². The van der Waals surface area contributed by atoms with Crippen LogP contribution in [-0.2, 0) is 9.53 Å². The molecule has 0 heterocycles. The Balaban J connectivity index is 6.81. The van der Waals surface area contributed by atoms with Crippen molar-refractivity contribution in [1.82, 2.24) is 0 Å². The quantitative estimate of drug-likeness (QED) is 0.507. The van der Waals surface area contributed by atoms with Crippen molar-refractivity contribution in [2.24, 2.45) is 5.41 Å². The highest BCUT2D eigenvalue weighted by Gasteiger charge is 2.90. The third-order valence-electron chi connectivity index (χ3n) is 4.15. The van der Waals surface area contributed by atoms with E-state index in [0.717, 1.165) is 13.8 Å². The Labute approximate surface area is 145 Å². The summed E-state index contributed by atoms with van der Waals surface area (Å²) in [5, 5.41) is 8.79. The van der Waals surface area contributed by atoms with Crippen LogP contribution in [0.25, 0.3) is 0 Å². The zero-order valence-electron chi connectivity index (χ0n) is 14.1. The molecular formula is C13H15F11O3. The van der Waals surface area contributed by atoms with Crippen LogP contribution in [0.2, 0.25) is 0 Å². The van der Waals surface area contributed by atoms with E-state index in [9.17, 15) is 53.1 Å². The SMILES string of the molecule is CCC(C)(C)C(=O)OC(C)(C(F)(F)F)C(F)(F)C(O)(C(F)(F)F)C(F)(F)F. The maximum Gasteiger partial charge on any atom is 0.434 e. The van der Waals surface area contributed by atoms with Gasteiger partial charge in [0.05, 0.1) is 5.41 Å². The van der Waals surface area contributed by atoms with Gasteiger partial charge in [-0.2, -0.15) is 48.3 Å². The molecule has 0 fully saturated rings.